The molecule has 2 N–H and O–H groups in total. The van der Waals surface area contributed by atoms with Gasteiger partial charge in [0.2, 0.25) is 0 Å². The van der Waals surface area contributed by atoms with E-state index in [2.05, 4.69) is 72.3 Å². The molecule has 2 heterocycles. The van der Waals surface area contributed by atoms with Gasteiger partial charge in [-0.3, -0.25) is 0 Å². The topological polar surface area (TPSA) is 120 Å². The standard InChI is InChI=1S/C37H66N6O6/c1-34(2)21-30(23-37(6,26-34)28-39-32(44)48-19-13-42(7)9-15-46-16-10-42)40-29-38-27-36(5)24-31(22-35(3,4)25-36)41-33(45)49-20-14-43(8)11-17-47-18-12-43/h30-31H,9-28H2,1-8H3/p+2. The van der Waals surface area contributed by atoms with E-state index < -0.39 is 0 Å². The van der Waals surface area contributed by atoms with E-state index in [1.165, 1.54) is 0 Å². The first-order valence-electron chi connectivity index (χ1n) is 18.7. The van der Waals surface area contributed by atoms with Gasteiger partial charge in [0.1, 0.15) is 52.5 Å². The van der Waals surface area contributed by atoms with Gasteiger partial charge < -0.3 is 38.5 Å². The first-order valence-corrected chi connectivity index (χ1v) is 18.7. The molecular weight excluding hydrogens is 624 g/mol. The first kappa shape index (κ1) is 39.5. The maximum Gasteiger partial charge on any atom is 0.407 e. The molecule has 2 aliphatic carbocycles. The average Bonchev–Trinajstić information content (AvgIpc) is 2.97. The SMILES string of the molecule is CC1(C)CC(N=C=NCC2(C)CC(NC(=O)OCC[N+]3(C)CCOCC3)CC(C)(C)C2)CC(C)(CNC(=O)OCC[N+]2(C)CCOCC2)C1. The number of amides is 2. The zero-order valence-electron chi connectivity index (χ0n) is 32.0. The summed E-state index contributed by atoms with van der Waals surface area (Å²) >= 11 is 0. The van der Waals surface area contributed by atoms with Crippen LogP contribution in [0.15, 0.2) is 9.98 Å². The molecule has 2 saturated heterocycles. The quantitative estimate of drug-likeness (QED) is 0.226. The summed E-state index contributed by atoms with van der Waals surface area (Å²) in [5.41, 5.74) is -0.0402. The summed E-state index contributed by atoms with van der Waals surface area (Å²) in [6.07, 6.45) is 4.90. The van der Waals surface area contributed by atoms with E-state index in [1.807, 2.05) is 0 Å². The molecule has 4 aliphatic rings. The number of ether oxygens (including phenoxy) is 4. The smallest absolute Gasteiger partial charge is 0.407 e. The van der Waals surface area contributed by atoms with Gasteiger partial charge >= 0.3 is 12.2 Å². The number of alkyl carbamates (subject to hydrolysis) is 2. The first-order chi connectivity index (χ1) is 22.9. The highest BCUT2D eigenvalue weighted by molar-refractivity contribution is 5.67. The lowest BCUT2D eigenvalue weighted by Gasteiger charge is -2.46. The molecule has 280 valence electrons. The number of hydrogen-bond donors (Lipinski definition) is 2. The molecule has 2 aliphatic heterocycles. The van der Waals surface area contributed by atoms with Crippen LogP contribution in [0.4, 0.5) is 9.59 Å². The summed E-state index contributed by atoms with van der Waals surface area (Å²) in [5, 5.41) is 6.21. The van der Waals surface area contributed by atoms with Crippen LogP contribution in [0, 0.1) is 21.7 Å². The summed E-state index contributed by atoms with van der Waals surface area (Å²) < 4.78 is 23.9. The normalized spacial score (nSPS) is 31.8. The number of carbonyl (C=O) groups excluding carboxylic acids is 2. The molecule has 2 saturated carbocycles. The summed E-state index contributed by atoms with van der Waals surface area (Å²) in [7, 11) is 4.39. The van der Waals surface area contributed by atoms with Gasteiger partial charge in [0, 0.05) is 12.6 Å². The lowest BCUT2D eigenvalue weighted by atomic mass is 9.62. The maximum atomic E-state index is 12.8. The zero-order chi connectivity index (χ0) is 35.8. The fourth-order valence-corrected chi connectivity index (χ4v) is 9.29. The molecule has 12 heteroatoms. The second kappa shape index (κ2) is 16.4. The molecule has 12 nitrogen and oxygen atoms in total. The molecule has 4 rings (SSSR count). The van der Waals surface area contributed by atoms with E-state index in [9.17, 15) is 9.59 Å². The third-order valence-corrected chi connectivity index (χ3v) is 11.4. The van der Waals surface area contributed by atoms with Crippen molar-refractivity contribution in [2.45, 2.75) is 92.2 Å². The van der Waals surface area contributed by atoms with Crippen LogP contribution >= 0.6 is 0 Å². The van der Waals surface area contributed by atoms with Crippen LogP contribution in [0.25, 0.3) is 0 Å². The Balaban J connectivity index is 1.24. The molecular formula is C37H68N6O6+2. The molecule has 0 aromatic rings. The average molecular weight is 693 g/mol. The molecule has 4 unspecified atom stereocenters. The van der Waals surface area contributed by atoms with Crippen LogP contribution in [0.2, 0.25) is 0 Å². The van der Waals surface area contributed by atoms with E-state index in [0.717, 1.165) is 113 Å². The minimum Gasteiger partial charge on any atom is -0.444 e. The van der Waals surface area contributed by atoms with Crippen LogP contribution in [-0.2, 0) is 18.9 Å². The van der Waals surface area contributed by atoms with Gasteiger partial charge in [-0.25, -0.2) is 19.6 Å². The Morgan fingerprint density at radius 3 is 1.88 bits per heavy atom. The van der Waals surface area contributed by atoms with Crippen molar-refractivity contribution in [1.29, 1.82) is 0 Å². The van der Waals surface area contributed by atoms with Gasteiger partial charge in [-0.15, -0.1) is 0 Å². The number of aliphatic imine (C=N–C) groups is 2. The zero-order valence-corrected chi connectivity index (χ0v) is 32.0. The van der Waals surface area contributed by atoms with Gasteiger partial charge in [-0.2, -0.15) is 0 Å². The lowest BCUT2D eigenvalue weighted by molar-refractivity contribution is -0.917. The molecule has 0 aromatic carbocycles. The number of hydrogen-bond acceptors (Lipinski definition) is 8. The summed E-state index contributed by atoms with van der Waals surface area (Å²) in [5.74, 6) is 0. The van der Waals surface area contributed by atoms with E-state index in [-0.39, 0.29) is 45.9 Å². The van der Waals surface area contributed by atoms with Crippen molar-refractivity contribution in [3.8, 4) is 0 Å². The Morgan fingerprint density at radius 1 is 0.755 bits per heavy atom. The van der Waals surface area contributed by atoms with E-state index in [0.29, 0.717) is 26.3 Å². The van der Waals surface area contributed by atoms with Crippen molar-refractivity contribution >= 4 is 18.2 Å². The predicted octanol–water partition coefficient (Wildman–Crippen LogP) is 4.74. The van der Waals surface area contributed by atoms with Crippen LogP contribution in [0.1, 0.15) is 80.1 Å². The molecule has 4 fully saturated rings. The minimum absolute atomic E-state index is 0.0320. The second-order valence-electron chi connectivity index (χ2n) is 18.6. The fourth-order valence-electron chi connectivity index (χ4n) is 9.29. The predicted molar refractivity (Wildman–Crippen MR) is 191 cm³/mol. The number of nitrogens with zero attached hydrogens (tertiary/aromatic N) is 4. The van der Waals surface area contributed by atoms with Gasteiger partial charge in [0.15, 0.2) is 0 Å². The van der Waals surface area contributed by atoms with Crippen molar-refractivity contribution in [2.75, 3.05) is 106 Å². The molecule has 2 amide bonds. The van der Waals surface area contributed by atoms with Gasteiger partial charge in [-0.05, 0) is 60.2 Å². The number of morpholine rings is 2. The van der Waals surface area contributed by atoms with Crippen LogP contribution in [0.3, 0.4) is 0 Å². The van der Waals surface area contributed by atoms with Crippen molar-refractivity contribution in [2.24, 2.45) is 31.6 Å². The summed E-state index contributed by atoms with van der Waals surface area (Å²) in [4.78, 5) is 34.9. The number of quaternary nitrogens is 2. The van der Waals surface area contributed by atoms with Gasteiger partial charge in [0.25, 0.3) is 0 Å². The Bertz CT molecular complexity index is 1180. The Morgan fingerprint density at radius 2 is 1.29 bits per heavy atom. The highest BCUT2D eigenvalue weighted by atomic mass is 16.6. The van der Waals surface area contributed by atoms with E-state index in [1.54, 1.807) is 0 Å². The number of carbonyl (C=O) groups is 2. The Hall–Kier alpha value is -2.24. The monoisotopic (exact) mass is 693 g/mol. The lowest BCUT2D eigenvalue weighted by Crippen LogP contribution is -2.54. The molecule has 0 radical (unpaired) electrons. The minimum atomic E-state index is -0.348. The summed E-state index contributed by atoms with van der Waals surface area (Å²) in [6.45, 7) is 24.0. The number of rotatable bonds is 12. The molecule has 0 bridgehead atoms. The van der Waals surface area contributed by atoms with Gasteiger partial charge in [0.05, 0.1) is 59.1 Å². The van der Waals surface area contributed by atoms with Crippen molar-refractivity contribution in [3.05, 3.63) is 0 Å². The Labute approximate surface area is 295 Å². The highest BCUT2D eigenvalue weighted by Crippen LogP contribution is 2.47. The molecule has 0 spiro atoms. The third-order valence-electron chi connectivity index (χ3n) is 11.4. The molecule has 0 aromatic heterocycles. The Kier molecular flexibility index (Phi) is 13.2. The van der Waals surface area contributed by atoms with Crippen LogP contribution < -0.4 is 10.6 Å². The maximum absolute atomic E-state index is 12.8. The fraction of sp³-hybridized carbons (Fsp3) is 0.919. The van der Waals surface area contributed by atoms with Crippen molar-refractivity contribution in [3.63, 3.8) is 0 Å². The number of nitrogens with one attached hydrogen (secondary N) is 2. The van der Waals surface area contributed by atoms with Crippen molar-refractivity contribution in [1.82, 2.24) is 10.6 Å². The highest BCUT2D eigenvalue weighted by Gasteiger charge is 2.43. The molecule has 49 heavy (non-hydrogen) atoms. The molecule has 4 atom stereocenters. The largest absolute Gasteiger partial charge is 0.444 e. The van der Waals surface area contributed by atoms with E-state index in [4.69, 9.17) is 28.9 Å². The van der Waals surface area contributed by atoms with E-state index >= 15 is 0 Å². The number of likely N-dealkylation sites (N-methyl/N-ethyl adjacent to an activating group) is 2. The van der Waals surface area contributed by atoms with Crippen LogP contribution in [0.5, 0.6) is 0 Å². The van der Waals surface area contributed by atoms with Gasteiger partial charge in [-0.1, -0.05) is 41.5 Å². The second-order valence-corrected chi connectivity index (χ2v) is 18.6. The van der Waals surface area contributed by atoms with Crippen LogP contribution in [-0.4, -0.2) is 145 Å². The summed E-state index contributed by atoms with van der Waals surface area (Å²) in [6, 6.07) is 3.20. The third kappa shape index (κ3) is 13.1. The van der Waals surface area contributed by atoms with Crippen molar-refractivity contribution < 1.29 is 37.5 Å².